The molecule has 1 aromatic carbocycles. The van der Waals surface area contributed by atoms with E-state index in [1.54, 1.807) is 0 Å². The average Bonchev–Trinajstić information content (AvgIpc) is 3.06. The molecule has 0 bridgehead atoms. The van der Waals surface area contributed by atoms with Crippen LogP contribution in [0.15, 0.2) is 18.2 Å². The van der Waals surface area contributed by atoms with Gasteiger partial charge in [0.25, 0.3) is 0 Å². The molecule has 6 nitrogen and oxygen atoms in total. The molecule has 0 aliphatic rings. The molecule has 0 unspecified atom stereocenters. The van der Waals surface area contributed by atoms with Crippen LogP contribution in [0.25, 0.3) is 0 Å². The zero-order chi connectivity index (χ0) is 34.0. The third kappa shape index (κ3) is 25.1. The van der Waals surface area contributed by atoms with Crippen LogP contribution in [0, 0.1) is 79.3 Å². The van der Waals surface area contributed by atoms with Crippen LogP contribution in [0.4, 0.5) is 0 Å². The van der Waals surface area contributed by atoms with E-state index in [0.717, 1.165) is 94.1 Å². The molecule has 0 aliphatic carbocycles. The summed E-state index contributed by atoms with van der Waals surface area (Å²) in [6.07, 6.45) is 32.3. The molecule has 0 aromatic heterocycles. The second-order valence-corrected chi connectivity index (χ2v) is 11.0. The normalized spacial score (nSPS) is 9.26. The summed E-state index contributed by atoms with van der Waals surface area (Å²) in [6.45, 7) is 3.42. The number of benzene rings is 1. The highest BCUT2D eigenvalue weighted by Crippen LogP contribution is 2.29. The summed E-state index contributed by atoms with van der Waals surface area (Å²) in [5.74, 6) is 19.4. The standard InChI is InChI=1S/C41H48O6/c1-4-6-8-24-34-46-40(42)28-22-18-14-10-12-16-20-26-32-44-38-31-30-37(3)36-39(38)45-33-27-21-17-13-11-15-19-23-29-41(43)47-35-25-9-7-5-2/h1-2,30-31,36H,10-23,26-29,32-33H2,3H3. The van der Waals surface area contributed by atoms with Crippen molar-refractivity contribution >= 4 is 11.9 Å². The molecule has 0 amide bonds. The lowest BCUT2D eigenvalue weighted by atomic mass is 10.1. The molecule has 0 fully saturated rings. The molecule has 0 aliphatic heterocycles. The quantitative estimate of drug-likeness (QED) is 0.0650. The molecule has 0 spiro atoms. The van der Waals surface area contributed by atoms with E-state index in [0.29, 0.717) is 26.1 Å². The lowest BCUT2D eigenvalue weighted by molar-refractivity contribution is -0.137. The van der Waals surface area contributed by atoms with Crippen molar-refractivity contribution < 1.29 is 28.5 Å². The number of hydrogen-bond acceptors (Lipinski definition) is 6. The monoisotopic (exact) mass is 636 g/mol. The molecule has 6 heteroatoms. The van der Waals surface area contributed by atoms with Gasteiger partial charge < -0.3 is 18.9 Å². The molecule has 0 atom stereocenters. The highest BCUT2D eigenvalue weighted by molar-refractivity contribution is 5.71. The van der Waals surface area contributed by atoms with Crippen molar-refractivity contribution in [2.24, 2.45) is 0 Å². The Balaban J connectivity index is 2.04. The first-order valence-corrected chi connectivity index (χ1v) is 16.7. The highest BCUT2D eigenvalue weighted by Gasteiger charge is 2.07. The minimum atomic E-state index is -0.326. The van der Waals surface area contributed by atoms with Crippen LogP contribution in [0.3, 0.4) is 0 Å². The molecule has 248 valence electrons. The molecular weight excluding hydrogens is 588 g/mol. The van der Waals surface area contributed by atoms with Crippen molar-refractivity contribution in [1.29, 1.82) is 0 Å². The zero-order valence-electron chi connectivity index (χ0n) is 28.0. The number of hydrogen-bond donors (Lipinski definition) is 0. The van der Waals surface area contributed by atoms with Crippen LogP contribution in [0.5, 0.6) is 11.5 Å². The fraction of sp³-hybridized carbons (Fsp3) is 0.512. The summed E-state index contributed by atoms with van der Waals surface area (Å²) in [6, 6.07) is 6.11. The van der Waals surface area contributed by atoms with Crippen molar-refractivity contribution in [3.05, 3.63) is 23.8 Å². The topological polar surface area (TPSA) is 71.1 Å². The fourth-order valence-electron chi connectivity index (χ4n) is 4.53. The van der Waals surface area contributed by atoms with E-state index in [4.69, 9.17) is 31.8 Å². The first-order valence-electron chi connectivity index (χ1n) is 16.7. The number of ether oxygens (including phenoxy) is 4. The SMILES string of the molecule is C#CC#CC#COC(=O)CCCCCCCCCCOc1ccc(C)cc1OCCCCCCCCCCC(=O)OC#CC#CC#C. The van der Waals surface area contributed by atoms with Gasteiger partial charge in [0.1, 0.15) is 12.2 Å². The van der Waals surface area contributed by atoms with Crippen LogP contribution < -0.4 is 9.47 Å². The van der Waals surface area contributed by atoms with Gasteiger partial charge in [0, 0.05) is 36.5 Å². The molecule has 0 radical (unpaired) electrons. The molecule has 0 heterocycles. The van der Waals surface area contributed by atoms with Gasteiger partial charge >= 0.3 is 11.9 Å². The first kappa shape index (κ1) is 40.1. The van der Waals surface area contributed by atoms with Crippen molar-refractivity contribution in [2.75, 3.05) is 13.2 Å². The Morgan fingerprint density at radius 1 is 0.532 bits per heavy atom. The van der Waals surface area contributed by atoms with E-state index in [2.05, 4.69) is 72.6 Å². The zero-order valence-corrected chi connectivity index (χ0v) is 28.0. The van der Waals surface area contributed by atoms with E-state index < -0.39 is 0 Å². The van der Waals surface area contributed by atoms with Crippen LogP contribution in [-0.2, 0) is 19.1 Å². The molecule has 1 aromatic rings. The number of carbonyl (C=O) groups is 2. The highest BCUT2D eigenvalue weighted by atomic mass is 16.5. The molecule has 1 rings (SSSR count). The number of terminal acetylenes is 2. The van der Waals surface area contributed by atoms with E-state index >= 15 is 0 Å². The summed E-state index contributed by atoms with van der Waals surface area (Å²) in [5.41, 5.74) is 1.15. The Morgan fingerprint density at radius 2 is 0.936 bits per heavy atom. The maximum atomic E-state index is 11.6. The Bertz CT molecular complexity index is 1400. The van der Waals surface area contributed by atoms with E-state index in [1.807, 2.05) is 12.1 Å². The van der Waals surface area contributed by atoms with Crippen molar-refractivity contribution in [3.8, 4) is 83.9 Å². The number of rotatable bonds is 24. The summed E-state index contributed by atoms with van der Waals surface area (Å²) in [4.78, 5) is 23.2. The van der Waals surface area contributed by atoms with Gasteiger partial charge in [-0.15, -0.1) is 12.8 Å². The summed E-state index contributed by atoms with van der Waals surface area (Å²) in [5, 5.41) is 0. The van der Waals surface area contributed by atoms with Gasteiger partial charge in [-0.2, -0.15) is 0 Å². The van der Waals surface area contributed by atoms with Gasteiger partial charge in [-0.25, -0.2) is 0 Å². The third-order valence-electron chi connectivity index (χ3n) is 6.99. The van der Waals surface area contributed by atoms with Crippen molar-refractivity contribution in [1.82, 2.24) is 0 Å². The summed E-state index contributed by atoms with van der Waals surface area (Å²) in [7, 11) is 0. The fourth-order valence-corrected chi connectivity index (χ4v) is 4.53. The predicted molar refractivity (Wildman–Crippen MR) is 186 cm³/mol. The molecule has 0 N–H and O–H groups in total. The number of esters is 2. The van der Waals surface area contributed by atoms with Crippen LogP contribution >= 0.6 is 0 Å². The number of carbonyl (C=O) groups excluding carboxylic acids is 2. The van der Waals surface area contributed by atoms with Gasteiger partial charge in [0.15, 0.2) is 11.5 Å². The van der Waals surface area contributed by atoms with Crippen molar-refractivity contribution in [2.45, 2.75) is 122 Å². The summed E-state index contributed by atoms with van der Waals surface area (Å²) < 4.78 is 21.7. The minimum absolute atomic E-state index is 0.326. The average molecular weight is 637 g/mol. The summed E-state index contributed by atoms with van der Waals surface area (Å²) >= 11 is 0. The lowest BCUT2D eigenvalue weighted by Gasteiger charge is -2.13. The van der Waals surface area contributed by atoms with Crippen LogP contribution in [0.1, 0.15) is 121 Å². The van der Waals surface area contributed by atoms with Gasteiger partial charge in [-0.3, -0.25) is 9.59 Å². The Labute approximate surface area is 283 Å². The number of unbranched alkanes of at least 4 members (excludes halogenated alkanes) is 14. The van der Waals surface area contributed by atoms with Crippen LogP contribution in [0.2, 0.25) is 0 Å². The van der Waals surface area contributed by atoms with E-state index in [-0.39, 0.29) is 11.9 Å². The predicted octanol–water partition coefficient (Wildman–Crippen LogP) is 8.06. The molecular formula is C41H48O6. The lowest BCUT2D eigenvalue weighted by Crippen LogP contribution is -2.03. The third-order valence-corrected chi connectivity index (χ3v) is 6.99. The Kier molecular flexibility index (Phi) is 25.5. The maximum Gasteiger partial charge on any atom is 0.319 e. The molecule has 0 saturated heterocycles. The molecule has 0 saturated carbocycles. The van der Waals surface area contributed by atoms with Gasteiger partial charge in [0.2, 0.25) is 0 Å². The number of aryl methyl sites for hydroxylation is 1. The van der Waals surface area contributed by atoms with Crippen LogP contribution in [-0.4, -0.2) is 25.2 Å². The van der Waals surface area contributed by atoms with Gasteiger partial charge in [0.05, 0.1) is 13.2 Å². The second kappa shape index (κ2) is 29.8. The van der Waals surface area contributed by atoms with E-state index in [9.17, 15) is 9.59 Å². The Morgan fingerprint density at radius 3 is 1.38 bits per heavy atom. The second-order valence-electron chi connectivity index (χ2n) is 11.0. The smallest absolute Gasteiger partial charge is 0.319 e. The minimum Gasteiger partial charge on any atom is -0.490 e. The van der Waals surface area contributed by atoms with Crippen molar-refractivity contribution in [3.63, 3.8) is 0 Å². The maximum absolute atomic E-state index is 11.6. The first-order chi connectivity index (χ1) is 23.1. The Hall–Kier alpha value is -4.88. The van der Waals surface area contributed by atoms with Gasteiger partial charge in [-0.1, -0.05) is 83.1 Å². The molecule has 47 heavy (non-hydrogen) atoms. The van der Waals surface area contributed by atoms with Gasteiger partial charge in [-0.05, 0) is 74.0 Å². The largest absolute Gasteiger partial charge is 0.490 e. The van der Waals surface area contributed by atoms with E-state index in [1.165, 1.54) is 25.7 Å².